The highest BCUT2D eigenvalue weighted by atomic mass is 16.1. The molecule has 4 heteroatoms. The fourth-order valence-electron chi connectivity index (χ4n) is 7.05. The van der Waals surface area contributed by atoms with Gasteiger partial charge < -0.3 is 5.32 Å². The minimum absolute atomic E-state index is 0.0994. The molecule has 0 aromatic carbocycles. The molecule has 3 fully saturated rings. The van der Waals surface area contributed by atoms with E-state index in [1.807, 2.05) is 7.28 Å². The van der Waals surface area contributed by atoms with E-state index in [1.165, 1.54) is 148 Å². The van der Waals surface area contributed by atoms with Crippen molar-refractivity contribution in [2.75, 3.05) is 0 Å². The molecule has 3 aliphatic carbocycles. The normalized spacial score (nSPS) is 26.9. The number of hydrogen-bond acceptors (Lipinski definition) is 1. The Balaban J connectivity index is 1.28. The van der Waals surface area contributed by atoms with Crippen LogP contribution in [0.4, 0.5) is 4.79 Å². The van der Waals surface area contributed by atoms with Crippen molar-refractivity contribution < 1.29 is 4.79 Å². The minimum Gasteiger partial charge on any atom is -0.340 e. The summed E-state index contributed by atoms with van der Waals surface area (Å²) in [5, 5.41) is 3.13. The van der Waals surface area contributed by atoms with Crippen molar-refractivity contribution in [2.24, 2.45) is 5.92 Å². The molecule has 3 rings (SSSR count). The maximum atomic E-state index is 12.6. The zero-order valence-corrected chi connectivity index (χ0v) is 23.1. The largest absolute Gasteiger partial charge is 0.340 e. The highest BCUT2D eigenvalue weighted by Crippen LogP contribution is 2.36. The van der Waals surface area contributed by atoms with Gasteiger partial charge in [-0.2, -0.15) is 0 Å². The van der Waals surface area contributed by atoms with E-state index in [0.717, 1.165) is 29.7 Å². The second kappa shape index (κ2) is 17.7. The molecule has 2 radical (unpaired) electrons. The third-order valence-corrected chi connectivity index (χ3v) is 9.26. The molecule has 0 spiro atoms. The van der Waals surface area contributed by atoms with Gasteiger partial charge in [-0.1, -0.05) is 165 Å². The van der Waals surface area contributed by atoms with Crippen molar-refractivity contribution in [1.29, 1.82) is 0 Å². The molecule has 0 bridgehead atoms. The summed E-state index contributed by atoms with van der Waals surface area (Å²) in [6.07, 6.45) is 32.4. The molecule has 0 aromatic heterocycles. The summed E-state index contributed by atoms with van der Waals surface area (Å²) >= 11 is 0. The highest BCUT2D eigenvalue weighted by molar-refractivity contribution is 6.74. The standard InChI is InChI=1S/C31H55B2NO/c1-26(34-31(35)33-30-20-12-6-3-2-4-7-13-21-30)24-25-27-16-14-22-29(23-15-17-27)32-28-18-10-8-5-9-11-19-28/h27-30H,1-25H2,(H,34,35). The Morgan fingerprint density at radius 2 is 1.03 bits per heavy atom. The molecular weight excluding hydrogens is 424 g/mol. The number of carbonyl (C=O) groups is 1. The molecule has 0 unspecified atom stereocenters. The van der Waals surface area contributed by atoms with Crippen LogP contribution >= 0.6 is 0 Å². The highest BCUT2D eigenvalue weighted by Gasteiger charge is 2.22. The van der Waals surface area contributed by atoms with Gasteiger partial charge in [-0.15, -0.1) is 0 Å². The van der Waals surface area contributed by atoms with Crippen molar-refractivity contribution in [3.63, 3.8) is 0 Å². The zero-order chi connectivity index (χ0) is 24.6. The molecule has 0 heterocycles. The first-order valence-electron chi connectivity index (χ1n) is 15.9. The van der Waals surface area contributed by atoms with Crippen LogP contribution < -0.4 is 5.32 Å². The molecule has 0 saturated heterocycles. The predicted molar refractivity (Wildman–Crippen MR) is 155 cm³/mol. The zero-order valence-electron chi connectivity index (χ0n) is 23.1. The van der Waals surface area contributed by atoms with Gasteiger partial charge in [-0.25, -0.2) is 0 Å². The molecule has 3 aliphatic rings. The number of nitrogens with one attached hydrogen (secondary N) is 1. The van der Waals surface area contributed by atoms with Crippen molar-refractivity contribution >= 4 is 20.4 Å². The van der Waals surface area contributed by atoms with E-state index >= 15 is 0 Å². The molecule has 1 N–H and O–H groups in total. The lowest BCUT2D eigenvalue weighted by Gasteiger charge is -2.28. The van der Waals surface area contributed by atoms with E-state index in [9.17, 15) is 4.79 Å². The number of hydrogen-bond donors (Lipinski definition) is 1. The van der Waals surface area contributed by atoms with Gasteiger partial charge in [0.05, 0.1) is 0 Å². The fourth-order valence-corrected chi connectivity index (χ4v) is 7.05. The van der Waals surface area contributed by atoms with E-state index in [0.29, 0.717) is 5.82 Å². The quantitative estimate of drug-likeness (QED) is 0.345. The average molecular weight is 479 g/mol. The summed E-state index contributed by atoms with van der Waals surface area (Å²) in [6, 6.07) is 0. The molecular formula is C31H55B2NO. The molecule has 35 heavy (non-hydrogen) atoms. The van der Waals surface area contributed by atoms with Gasteiger partial charge in [0.15, 0.2) is 5.81 Å². The van der Waals surface area contributed by atoms with Crippen LogP contribution in [0.2, 0.25) is 17.5 Å². The van der Waals surface area contributed by atoms with Crippen molar-refractivity contribution in [2.45, 2.75) is 172 Å². The Morgan fingerprint density at radius 3 is 1.54 bits per heavy atom. The Labute approximate surface area is 220 Å². The molecule has 1 amide bonds. The minimum atomic E-state index is 0.0994. The van der Waals surface area contributed by atoms with Crippen LogP contribution in [-0.4, -0.2) is 20.4 Å². The molecule has 3 saturated carbocycles. The van der Waals surface area contributed by atoms with Gasteiger partial charge in [0.2, 0.25) is 7.28 Å². The summed E-state index contributed by atoms with van der Waals surface area (Å²) in [7, 11) is 4.77. The first-order valence-corrected chi connectivity index (χ1v) is 15.9. The van der Waals surface area contributed by atoms with Crippen LogP contribution in [0, 0.1) is 5.92 Å². The summed E-state index contributed by atoms with van der Waals surface area (Å²) in [5.74, 6) is 3.14. The van der Waals surface area contributed by atoms with Crippen LogP contribution in [0.15, 0.2) is 12.3 Å². The van der Waals surface area contributed by atoms with Gasteiger partial charge in [-0.3, -0.25) is 4.79 Å². The third-order valence-electron chi connectivity index (χ3n) is 9.26. The lowest BCUT2D eigenvalue weighted by Crippen LogP contribution is -2.29. The topological polar surface area (TPSA) is 29.1 Å². The lowest BCUT2D eigenvalue weighted by atomic mass is 9.49. The molecule has 0 aliphatic heterocycles. The monoisotopic (exact) mass is 479 g/mol. The van der Waals surface area contributed by atoms with Crippen LogP contribution in [-0.2, 0) is 0 Å². The third kappa shape index (κ3) is 12.9. The van der Waals surface area contributed by atoms with E-state index < -0.39 is 0 Å². The fraction of sp³-hybridized carbons (Fsp3) is 0.903. The maximum absolute atomic E-state index is 12.6. The van der Waals surface area contributed by atoms with Crippen LogP contribution in [0.5, 0.6) is 0 Å². The van der Waals surface area contributed by atoms with Crippen LogP contribution in [0.25, 0.3) is 0 Å². The molecule has 196 valence electrons. The number of amides is 1. The van der Waals surface area contributed by atoms with E-state index in [-0.39, 0.29) is 5.81 Å². The van der Waals surface area contributed by atoms with E-state index in [1.54, 1.807) is 0 Å². The Kier molecular flexibility index (Phi) is 14.6. The van der Waals surface area contributed by atoms with Gasteiger partial charge in [0.25, 0.3) is 0 Å². The van der Waals surface area contributed by atoms with E-state index in [2.05, 4.69) is 19.2 Å². The van der Waals surface area contributed by atoms with Gasteiger partial charge >= 0.3 is 0 Å². The van der Waals surface area contributed by atoms with E-state index in [4.69, 9.17) is 0 Å². The first-order chi connectivity index (χ1) is 17.2. The number of carbonyl (C=O) groups excluding carboxylic acids is 1. The number of rotatable bonds is 8. The van der Waals surface area contributed by atoms with Crippen molar-refractivity contribution in [1.82, 2.24) is 5.32 Å². The summed E-state index contributed by atoms with van der Waals surface area (Å²) in [4.78, 5) is 12.6. The Bertz CT molecular complexity index is 567. The summed E-state index contributed by atoms with van der Waals surface area (Å²) in [5.41, 5.74) is 0.934. The van der Waals surface area contributed by atoms with Gasteiger partial charge in [0, 0.05) is 5.70 Å². The Morgan fingerprint density at radius 1 is 0.600 bits per heavy atom. The number of allylic oxidation sites excluding steroid dienone is 1. The molecule has 2 nitrogen and oxygen atoms in total. The maximum Gasteiger partial charge on any atom is 0.236 e. The predicted octanol–water partition coefficient (Wildman–Crippen LogP) is 10.0. The molecule has 0 atom stereocenters. The summed E-state index contributed by atoms with van der Waals surface area (Å²) < 4.78 is 0. The van der Waals surface area contributed by atoms with Crippen molar-refractivity contribution in [3.05, 3.63) is 12.3 Å². The first kappa shape index (κ1) is 28.9. The van der Waals surface area contributed by atoms with Gasteiger partial charge in [0.1, 0.15) is 7.28 Å². The second-order valence-corrected chi connectivity index (χ2v) is 12.4. The average Bonchev–Trinajstić information content (AvgIpc) is 2.80. The van der Waals surface area contributed by atoms with Crippen LogP contribution in [0.3, 0.4) is 0 Å². The van der Waals surface area contributed by atoms with Crippen molar-refractivity contribution in [3.8, 4) is 0 Å². The Hall–Kier alpha value is -0.660. The summed E-state index contributed by atoms with van der Waals surface area (Å²) in [6.45, 7) is 4.21. The SMILES string of the molecule is C=C(CCC1CCCC([B]C2CCCCCCC2)CCC1)NC(=O)[B]C1CCCCCCCCC1. The molecule has 0 aromatic rings. The smallest absolute Gasteiger partial charge is 0.236 e. The lowest BCUT2D eigenvalue weighted by molar-refractivity contribution is 0.260. The van der Waals surface area contributed by atoms with Gasteiger partial charge in [-0.05, 0) is 18.8 Å². The van der Waals surface area contributed by atoms with Crippen LogP contribution in [0.1, 0.15) is 154 Å². The second-order valence-electron chi connectivity index (χ2n) is 12.4.